The van der Waals surface area contributed by atoms with Gasteiger partial charge in [-0.3, -0.25) is 0 Å². The third-order valence-corrected chi connectivity index (χ3v) is 2.99. The molecule has 104 valence electrons. The maximum absolute atomic E-state index is 11.8. The van der Waals surface area contributed by atoms with Crippen LogP contribution in [0, 0.1) is 0 Å². The highest BCUT2D eigenvalue weighted by molar-refractivity contribution is 7.84. The molecule has 2 rings (SSSR count). The molecule has 1 atom stereocenters. The van der Waals surface area contributed by atoms with Crippen LogP contribution in [0.3, 0.4) is 0 Å². The second-order valence-electron chi connectivity index (χ2n) is 3.63. The van der Waals surface area contributed by atoms with Crippen LogP contribution in [0.1, 0.15) is 0 Å². The molecular weight excluding hydrogens is 285 g/mol. The fourth-order valence-corrected chi connectivity index (χ4v) is 2.02. The zero-order valence-corrected chi connectivity index (χ0v) is 10.3. The smallest absolute Gasteiger partial charge is 0.411 e. The van der Waals surface area contributed by atoms with E-state index in [-0.39, 0.29) is 5.22 Å². The molecule has 1 aromatic heterocycles. The van der Waals surface area contributed by atoms with Crippen LogP contribution >= 0.6 is 0 Å². The molecule has 0 aliphatic heterocycles. The van der Waals surface area contributed by atoms with Crippen molar-refractivity contribution in [3.05, 3.63) is 18.2 Å². The molecule has 0 bridgehead atoms. The summed E-state index contributed by atoms with van der Waals surface area (Å²) in [7, 11) is -1.90. The molecule has 0 fully saturated rings. The van der Waals surface area contributed by atoms with Gasteiger partial charge in [-0.15, -0.1) is 0 Å². The number of benzene rings is 1. The second-order valence-corrected chi connectivity index (χ2v) is 4.91. The van der Waals surface area contributed by atoms with Gasteiger partial charge in [0.1, 0.15) is 28.9 Å². The van der Waals surface area contributed by atoms with Crippen molar-refractivity contribution in [3.63, 3.8) is 0 Å². The largest absolute Gasteiger partial charge is 0.430 e. The maximum Gasteiger partial charge on any atom is 0.411 e. The quantitative estimate of drug-likeness (QED) is 0.873. The van der Waals surface area contributed by atoms with Gasteiger partial charge in [-0.05, 0) is 18.2 Å². The van der Waals surface area contributed by atoms with E-state index in [9.17, 15) is 17.4 Å². The summed E-state index contributed by atoms with van der Waals surface area (Å²) >= 11 is 0. The summed E-state index contributed by atoms with van der Waals surface area (Å²) in [6.07, 6.45) is -4.46. The van der Waals surface area contributed by atoms with E-state index in [1.165, 1.54) is 12.1 Å². The van der Waals surface area contributed by atoms with E-state index in [0.29, 0.717) is 16.8 Å². The van der Waals surface area contributed by atoms with Gasteiger partial charge in [-0.25, -0.2) is 9.19 Å². The Hall–Kier alpha value is -1.61. The molecule has 0 spiro atoms. The van der Waals surface area contributed by atoms with Crippen LogP contribution in [0.5, 0.6) is 0 Å². The standard InChI is InChI=1S/C10H9F3N2O3S/c11-10(12,13)4-17-5-19(16)9-15-7-3-6(14)1-2-8(7)18-9/h1-3H,4-5,14H2. The SMILES string of the molecule is Nc1ccc2oc(S(=O)COCC(F)(F)F)nc2c1. The zero-order chi connectivity index (χ0) is 14.0. The predicted molar refractivity (Wildman–Crippen MR) is 61.7 cm³/mol. The summed E-state index contributed by atoms with van der Waals surface area (Å²) in [5.41, 5.74) is 6.72. The zero-order valence-electron chi connectivity index (χ0n) is 9.44. The van der Waals surface area contributed by atoms with Gasteiger partial charge in [-0.1, -0.05) is 0 Å². The molecule has 1 aromatic carbocycles. The van der Waals surface area contributed by atoms with Gasteiger partial charge in [0, 0.05) is 5.69 Å². The van der Waals surface area contributed by atoms with Gasteiger partial charge >= 0.3 is 6.18 Å². The molecule has 1 unspecified atom stereocenters. The summed E-state index contributed by atoms with van der Waals surface area (Å²) in [5, 5.41) is -0.192. The summed E-state index contributed by atoms with van der Waals surface area (Å²) in [6.45, 7) is -1.47. The van der Waals surface area contributed by atoms with Gasteiger partial charge in [0.2, 0.25) is 0 Å². The van der Waals surface area contributed by atoms with E-state index >= 15 is 0 Å². The molecule has 2 aromatic rings. The summed E-state index contributed by atoms with van der Waals surface area (Å²) < 4.78 is 56.6. The topological polar surface area (TPSA) is 78.3 Å². The maximum atomic E-state index is 11.8. The fraction of sp³-hybridized carbons (Fsp3) is 0.300. The average Bonchev–Trinajstić information content (AvgIpc) is 2.70. The number of hydrogen-bond acceptors (Lipinski definition) is 5. The van der Waals surface area contributed by atoms with E-state index in [4.69, 9.17) is 10.2 Å². The number of hydrogen-bond donors (Lipinski definition) is 1. The van der Waals surface area contributed by atoms with E-state index in [1.807, 2.05) is 0 Å². The van der Waals surface area contributed by atoms with E-state index in [1.54, 1.807) is 6.07 Å². The van der Waals surface area contributed by atoms with Crippen molar-refractivity contribution in [3.8, 4) is 0 Å². The van der Waals surface area contributed by atoms with Crippen molar-refractivity contribution in [2.45, 2.75) is 11.4 Å². The van der Waals surface area contributed by atoms with Gasteiger partial charge in [-0.2, -0.15) is 13.2 Å². The molecule has 9 heteroatoms. The van der Waals surface area contributed by atoms with Crippen molar-refractivity contribution in [1.82, 2.24) is 4.98 Å². The highest BCUT2D eigenvalue weighted by atomic mass is 32.2. The van der Waals surface area contributed by atoms with Gasteiger partial charge in [0.15, 0.2) is 5.58 Å². The number of rotatable bonds is 4. The number of halogens is 3. The average molecular weight is 294 g/mol. The first-order chi connectivity index (χ1) is 8.85. The first-order valence-corrected chi connectivity index (χ1v) is 6.36. The van der Waals surface area contributed by atoms with Crippen LogP contribution in [0.15, 0.2) is 27.8 Å². The summed E-state index contributed by atoms with van der Waals surface area (Å²) in [6, 6.07) is 4.62. The lowest BCUT2D eigenvalue weighted by Gasteiger charge is -2.05. The minimum Gasteiger partial charge on any atom is -0.430 e. The molecule has 0 aliphatic rings. The number of ether oxygens (including phenoxy) is 1. The molecular formula is C10H9F3N2O3S. The Labute approximate surface area is 108 Å². The number of nitrogen functional groups attached to an aromatic ring is 1. The van der Waals surface area contributed by atoms with Gasteiger partial charge in [0.05, 0.1) is 0 Å². The summed E-state index contributed by atoms with van der Waals surface area (Å²) in [4.78, 5) is 3.88. The first kappa shape index (κ1) is 13.8. The number of oxazole rings is 1. The number of fused-ring (bicyclic) bond motifs is 1. The van der Waals surface area contributed by atoms with Crippen LogP contribution in [-0.2, 0) is 15.5 Å². The van der Waals surface area contributed by atoms with Gasteiger partial charge in [0.25, 0.3) is 5.22 Å². The number of nitrogens with zero attached hydrogens (tertiary/aromatic N) is 1. The Balaban J connectivity index is 2.05. The molecule has 2 N–H and O–H groups in total. The number of nitrogens with two attached hydrogens (primary N) is 1. The molecule has 0 aliphatic carbocycles. The van der Waals surface area contributed by atoms with Crippen molar-refractivity contribution in [2.24, 2.45) is 0 Å². The highest BCUT2D eigenvalue weighted by Gasteiger charge is 2.28. The Morgan fingerprint density at radius 1 is 1.42 bits per heavy atom. The van der Waals surface area contributed by atoms with Crippen molar-refractivity contribution < 1.29 is 26.5 Å². The minimum absolute atomic E-state index is 0.192. The number of anilines is 1. The minimum atomic E-state index is -4.46. The van der Waals surface area contributed by atoms with Crippen LogP contribution in [-0.4, -0.2) is 27.9 Å². The van der Waals surface area contributed by atoms with Crippen LogP contribution in [0.25, 0.3) is 11.1 Å². The Kier molecular flexibility index (Phi) is 3.76. The fourth-order valence-electron chi connectivity index (χ4n) is 1.30. The highest BCUT2D eigenvalue weighted by Crippen LogP contribution is 2.21. The molecule has 0 saturated heterocycles. The molecule has 0 amide bonds. The van der Waals surface area contributed by atoms with Gasteiger partial charge < -0.3 is 14.9 Å². The molecule has 1 heterocycles. The van der Waals surface area contributed by atoms with Crippen LogP contribution in [0.2, 0.25) is 0 Å². The molecule has 19 heavy (non-hydrogen) atoms. The number of aromatic nitrogens is 1. The number of alkyl halides is 3. The van der Waals surface area contributed by atoms with E-state index in [0.717, 1.165) is 0 Å². The Morgan fingerprint density at radius 3 is 2.84 bits per heavy atom. The Bertz CT molecular complexity index is 612. The third kappa shape index (κ3) is 3.67. The monoisotopic (exact) mass is 294 g/mol. The molecule has 5 nitrogen and oxygen atoms in total. The van der Waals surface area contributed by atoms with E-state index in [2.05, 4.69) is 9.72 Å². The van der Waals surface area contributed by atoms with E-state index < -0.39 is 29.5 Å². The van der Waals surface area contributed by atoms with Crippen LogP contribution < -0.4 is 5.73 Å². The summed E-state index contributed by atoms with van der Waals surface area (Å²) in [5.74, 6) is -0.637. The van der Waals surface area contributed by atoms with Crippen molar-refractivity contribution in [1.29, 1.82) is 0 Å². The lowest BCUT2D eigenvalue weighted by atomic mass is 10.3. The molecule has 0 radical (unpaired) electrons. The lowest BCUT2D eigenvalue weighted by Crippen LogP contribution is -2.18. The molecule has 0 saturated carbocycles. The lowest BCUT2D eigenvalue weighted by molar-refractivity contribution is -0.169. The van der Waals surface area contributed by atoms with Crippen molar-refractivity contribution in [2.75, 3.05) is 18.3 Å². The third-order valence-electron chi connectivity index (χ3n) is 2.04. The first-order valence-electron chi connectivity index (χ1n) is 5.04. The normalized spacial score (nSPS) is 13.8. The second kappa shape index (κ2) is 5.17. The van der Waals surface area contributed by atoms with Crippen molar-refractivity contribution >= 4 is 27.6 Å². The van der Waals surface area contributed by atoms with Crippen LogP contribution in [0.4, 0.5) is 18.9 Å². The Morgan fingerprint density at radius 2 is 2.16 bits per heavy atom. The predicted octanol–water partition coefficient (Wildman–Crippen LogP) is 2.05.